The molecule has 1 N–H and O–H groups in total. The second kappa shape index (κ2) is 7.59. The number of thioether (sulfide) groups is 1. The van der Waals surface area contributed by atoms with E-state index in [-0.39, 0.29) is 22.4 Å². The first-order chi connectivity index (χ1) is 11.2. The molecule has 0 fully saturated rings. The predicted octanol–water partition coefficient (Wildman–Crippen LogP) is 6.30. The number of aromatic nitrogens is 2. The van der Waals surface area contributed by atoms with Crippen LogP contribution in [0.1, 0.15) is 55.7 Å². The van der Waals surface area contributed by atoms with Crippen molar-refractivity contribution in [3.05, 3.63) is 45.1 Å². The van der Waals surface area contributed by atoms with Crippen LogP contribution in [0.4, 0.5) is 5.82 Å². The van der Waals surface area contributed by atoms with E-state index < -0.39 is 0 Å². The van der Waals surface area contributed by atoms with Gasteiger partial charge in [0.15, 0.2) is 0 Å². The molecule has 0 saturated heterocycles. The van der Waals surface area contributed by atoms with Gasteiger partial charge in [-0.15, -0.1) is 24.2 Å². The Morgan fingerprint density at radius 3 is 2.60 bits per heavy atom. The van der Waals surface area contributed by atoms with Crippen molar-refractivity contribution in [2.75, 3.05) is 11.9 Å². The van der Waals surface area contributed by atoms with Crippen molar-refractivity contribution in [1.29, 1.82) is 0 Å². The highest BCUT2D eigenvalue weighted by molar-refractivity contribution is 8.01. The average Bonchev–Trinajstić information content (AvgIpc) is 2.72. The lowest BCUT2D eigenvalue weighted by molar-refractivity contribution is 0.698. The maximum atomic E-state index is 6.57. The molecule has 1 aromatic heterocycles. The summed E-state index contributed by atoms with van der Waals surface area (Å²) >= 11 is 14.6. The van der Waals surface area contributed by atoms with Gasteiger partial charge in [0.1, 0.15) is 5.82 Å². The number of hydrogen-bond donors (Lipinski definition) is 1. The molecule has 1 aromatic carbocycles. The number of halogens is 3. The van der Waals surface area contributed by atoms with Crippen molar-refractivity contribution in [2.45, 2.75) is 43.6 Å². The lowest BCUT2D eigenvalue weighted by Gasteiger charge is -2.27. The van der Waals surface area contributed by atoms with E-state index in [9.17, 15) is 0 Å². The van der Waals surface area contributed by atoms with Crippen LogP contribution in [0.3, 0.4) is 0 Å². The summed E-state index contributed by atoms with van der Waals surface area (Å²) in [6.07, 6.45) is 0. The second-order valence-electron chi connectivity index (χ2n) is 7.20. The topological polar surface area (TPSA) is 29.9 Å². The van der Waals surface area contributed by atoms with Crippen LogP contribution in [0.5, 0.6) is 0 Å². The molecule has 7 heteroatoms. The molecule has 3 rings (SSSR count). The Balaban J connectivity index is 0.00000225. The van der Waals surface area contributed by atoms with Crippen LogP contribution in [-0.2, 0) is 7.05 Å². The number of nitrogens with zero attached hydrogens (tertiary/aromatic N) is 2. The number of rotatable bonds is 2. The Labute approximate surface area is 170 Å². The third kappa shape index (κ3) is 4.08. The Bertz CT molecular complexity index is 771. The highest BCUT2D eigenvalue weighted by Gasteiger charge is 2.36. The molecule has 3 nitrogen and oxygen atoms in total. The Hall–Kier alpha value is -0.550. The van der Waals surface area contributed by atoms with Gasteiger partial charge in [0.25, 0.3) is 0 Å². The summed E-state index contributed by atoms with van der Waals surface area (Å²) in [6.45, 7) is 9.77. The van der Waals surface area contributed by atoms with Crippen molar-refractivity contribution in [1.82, 2.24) is 9.78 Å². The fourth-order valence-electron chi connectivity index (χ4n) is 3.11. The highest BCUT2D eigenvalue weighted by atomic mass is 35.5. The largest absolute Gasteiger partial charge is 0.369 e. The smallest absolute Gasteiger partial charge is 0.128 e. The molecule has 0 saturated carbocycles. The van der Waals surface area contributed by atoms with E-state index in [1.807, 2.05) is 41.7 Å². The van der Waals surface area contributed by atoms with Gasteiger partial charge in [0, 0.05) is 33.9 Å². The van der Waals surface area contributed by atoms with Crippen molar-refractivity contribution < 1.29 is 0 Å². The van der Waals surface area contributed by atoms with Crippen LogP contribution < -0.4 is 5.32 Å². The van der Waals surface area contributed by atoms with Crippen molar-refractivity contribution in [3.63, 3.8) is 0 Å². The Morgan fingerprint density at radius 2 is 2.00 bits per heavy atom. The zero-order valence-electron chi connectivity index (χ0n) is 15.1. The van der Waals surface area contributed by atoms with E-state index in [1.54, 1.807) is 0 Å². The maximum Gasteiger partial charge on any atom is 0.128 e. The first-order valence-corrected chi connectivity index (χ1v) is 9.76. The van der Waals surface area contributed by atoms with Gasteiger partial charge in [-0.1, -0.05) is 43.1 Å². The van der Waals surface area contributed by atoms with Gasteiger partial charge in [-0.25, -0.2) is 0 Å². The van der Waals surface area contributed by atoms with E-state index in [0.29, 0.717) is 16.0 Å². The second-order valence-corrected chi connectivity index (χ2v) is 9.86. The fraction of sp³-hybridized carbons (Fsp3) is 0.500. The molecule has 0 bridgehead atoms. The molecule has 1 unspecified atom stereocenters. The molecule has 0 radical (unpaired) electrons. The van der Waals surface area contributed by atoms with E-state index in [4.69, 9.17) is 28.3 Å². The summed E-state index contributed by atoms with van der Waals surface area (Å²) in [7, 11) is 2.00. The summed E-state index contributed by atoms with van der Waals surface area (Å²) < 4.78 is 2.03. The maximum absolute atomic E-state index is 6.57. The standard InChI is InChI=1S/C18H23Cl2N3S.ClH/c1-10(2)15-14-16(12-7-6-11(19)8-13(12)20)24-18(3,4)9-21-17(14)23(5)22-15;/h6-8,10,16,21H,9H2,1-5H3;1H. The van der Waals surface area contributed by atoms with E-state index in [0.717, 1.165) is 23.6 Å². The number of fused-ring (bicyclic) bond motifs is 1. The van der Waals surface area contributed by atoms with Crippen LogP contribution in [-0.4, -0.2) is 21.1 Å². The van der Waals surface area contributed by atoms with Gasteiger partial charge < -0.3 is 5.32 Å². The molecule has 1 aliphatic rings. The van der Waals surface area contributed by atoms with Crippen molar-refractivity contribution in [2.24, 2.45) is 7.05 Å². The zero-order valence-corrected chi connectivity index (χ0v) is 18.2. The molecular weight excluding hydrogens is 397 g/mol. The van der Waals surface area contributed by atoms with Crippen LogP contribution in [0.15, 0.2) is 18.2 Å². The predicted molar refractivity (Wildman–Crippen MR) is 113 cm³/mol. The molecule has 0 aliphatic carbocycles. The Morgan fingerprint density at radius 1 is 1.32 bits per heavy atom. The third-order valence-corrected chi connectivity index (χ3v) is 6.36. The van der Waals surface area contributed by atoms with Gasteiger partial charge in [-0.2, -0.15) is 5.10 Å². The number of hydrogen-bond acceptors (Lipinski definition) is 3. The molecule has 0 amide bonds. The van der Waals surface area contributed by atoms with Crippen LogP contribution >= 0.6 is 47.4 Å². The summed E-state index contributed by atoms with van der Waals surface area (Å²) in [5, 5.41) is 9.87. The Kier molecular flexibility index (Phi) is 6.31. The third-order valence-electron chi connectivity index (χ3n) is 4.28. The van der Waals surface area contributed by atoms with E-state index in [1.165, 1.54) is 5.56 Å². The highest BCUT2D eigenvalue weighted by Crippen LogP contribution is 2.51. The normalized spacial score (nSPS) is 19.0. The molecule has 25 heavy (non-hydrogen) atoms. The van der Waals surface area contributed by atoms with Crippen LogP contribution in [0, 0.1) is 0 Å². The average molecular weight is 421 g/mol. The number of benzene rings is 1. The number of aryl methyl sites for hydroxylation is 1. The summed E-state index contributed by atoms with van der Waals surface area (Å²) in [5.74, 6) is 1.44. The molecule has 2 aromatic rings. The molecular formula is C18H24Cl3N3S. The summed E-state index contributed by atoms with van der Waals surface area (Å²) in [5.41, 5.74) is 3.47. The lowest BCUT2D eigenvalue weighted by atomic mass is 9.98. The van der Waals surface area contributed by atoms with Crippen LogP contribution in [0.25, 0.3) is 0 Å². The zero-order chi connectivity index (χ0) is 17.6. The lowest BCUT2D eigenvalue weighted by Crippen LogP contribution is -2.26. The molecule has 1 atom stereocenters. The van der Waals surface area contributed by atoms with E-state index >= 15 is 0 Å². The van der Waals surface area contributed by atoms with Crippen molar-refractivity contribution >= 4 is 53.2 Å². The molecule has 138 valence electrons. The van der Waals surface area contributed by atoms with Crippen molar-refractivity contribution in [3.8, 4) is 0 Å². The molecule has 2 heterocycles. The quantitative estimate of drug-likeness (QED) is 0.618. The SMILES string of the molecule is CC(C)c1nn(C)c2c1C(c1ccc(Cl)cc1Cl)SC(C)(C)CN2.Cl. The minimum absolute atomic E-state index is 0. The monoisotopic (exact) mass is 419 g/mol. The first kappa shape index (κ1) is 20.8. The molecule has 0 spiro atoms. The number of anilines is 1. The van der Waals surface area contributed by atoms with Crippen LogP contribution in [0.2, 0.25) is 10.0 Å². The minimum Gasteiger partial charge on any atom is -0.369 e. The minimum atomic E-state index is 0. The molecule has 1 aliphatic heterocycles. The van der Waals surface area contributed by atoms with Gasteiger partial charge >= 0.3 is 0 Å². The van der Waals surface area contributed by atoms with Gasteiger partial charge in [0.05, 0.1) is 10.9 Å². The first-order valence-electron chi connectivity index (χ1n) is 8.13. The fourth-order valence-corrected chi connectivity index (χ4v) is 5.16. The van der Waals surface area contributed by atoms with Gasteiger partial charge in [0.2, 0.25) is 0 Å². The van der Waals surface area contributed by atoms with E-state index in [2.05, 4.69) is 33.0 Å². The number of nitrogens with one attached hydrogen (secondary N) is 1. The summed E-state index contributed by atoms with van der Waals surface area (Å²) in [6, 6.07) is 5.79. The van der Waals surface area contributed by atoms with Gasteiger partial charge in [-0.3, -0.25) is 4.68 Å². The summed E-state index contributed by atoms with van der Waals surface area (Å²) in [4.78, 5) is 0. The van der Waals surface area contributed by atoms with Gasteiger partial charge in [-0.05, 0) is 37.5 Å².